The highest BCUT2D eigenvalue weighted by Gasteiger charge is 2.35. The van der Waals surface area contributed by atoms with Crippen LogP contribution in [0.1, 0.15) is 23.3 Å². The monoisotopic (exact) mass is 336 g/mol. The number of carbonyl (C=O) groups excluding carboxylic acids is 1. The first-order chi connectivity index (χ1) is 12.1. The highest BCUT2D eigenvalue weighted by molar-refractivity contribution is 5.92. The SMILES string of the molecule is O=C(c1ccccn1)N1CCC(O)(Cn2ccc3ncccc32)CC1. The van der Waals surface area contributed by atoms with Crippen molar-refractivity contribution in [3.05, 3.63) is 60.7 Å². The summed E-state index contributed by atoms with van der Waals surface area (Å²) in [5.41, 5.74) is 1.58. The van der Waals surface area contributed by atoms with Crippen molar-refractivity contribution in [3.63, 3.8) is 0 Å². The molecule has 3 aromatic rings. The summed E-state index contributed by atoms with van der Waals surface area (Å²) in [7, 11) is 0. The molecule has 1 saturated heterocycles. The van der Waals surface area contributed by atoms with Crippen LogP contribution in [0.25, 0.3) is 11.0 Å². The second kappa shape index (κ2) is 6.29. The highest BCUT2D eigenvalue weighted by atomic mass is 16.3. The lowest BCUT2D eigenvalue weighted by Gasteiger charge is -2.38. The molecular formula is C19H20N4O2. The average molecular weight is 336 g/mol. The smallest absolute Gasteiger partial charge is 0.272 e. The van der Waals surface area contributed by atoms with Gasteiger partial charge in [-0.25, -0.2) is 0 Å². The molecule has 6 nitrogen and oxygen atoms in total. The standard InChI is InChI=1S/C19H20N4O2/c24-18(16-4-1-2-9-21-16)22-12-7-19(25,8-13-22)14-23-11-6-15-17(23)5-3-10-20-15/h1-6,9-11,25H,7-8,12-14H2. The van der Waals surface area contributed by atoms with Crippen molar-refractivity contribution in [2.24, 2.45) is 0 Å². The lowest BCUT2D eigenvalue weighted by Crippen LogP contribution is -2.48. The van der Waals surface area contributed by atoms with E-state index in [1.807, 2.05) is 35.0 Å². The first-order valence-corrected chi connectivity index (χ1v) is 8.47. The Morgan fingerprint density at radius 3 is 2.64 bits per heavy atom. The van der Waals surface area contributed by atoms with E-state index in [-0.39, 0.29) is 5.91 Å². The van der Waals surface area contributed by atoms with E-state index >= 15 is 0 Å². The van der Waals surface area contributed by atoms with Crippen LogP contribution in [0.2, 0.25) is 0 Å². The van der Waals surface area contributed by atoms with Crippen molar-refractivity contribution >= 4 is 16.9 Å². The van der Waals surface area contributed by atoms with Crippen molar-refractivity contribution in [1.29, 1.82) is 0 Å². The zero-order chi connectivity index (χ0) is 17.3. The molecule has 0 bridgehead atoms. The van der Waals surface area contributed by atoms with Gasteiger partial charge < -0.3 is 14.6 Å². The minimum Gasteiger partial charge on any atom is -0.388 e. The van der Waals surface area contributed by atoms with Gasteiger partial charge in [-0.2, -0.15) is 0 Å². The minimum absolute atomic E-state index is 0.0711. The maximum absolute atomic E-state index is 12.5. The predicted molar refractivity (Wildman–Crippen MR) is 94.1 cm³/mol. The minimum atomic E-state index is -0.817. The van der Waals surface area contributed by atoms with Crippen LogP contribution in [-0.2, 0) is 6.54 Å². The van der Waals surface area contributed by atoms with Crippen LogP contribution < -0.4 is 0 Å². The number of likely N-dealkylation sites (tertiary alicyclic amines) is 1. The molecule has 0 saturated carbocycles. The first-order valence-electron chi connectivity index (χ1n) is 8.47. The van der Waals surface area contributed by atoms with Crippen LogP contribution >= 0.6 is 0 Å². The van der Waals surface area contributed by atoms with Gasteiger partial charge in [-0.3, -0.25) is 14.8 Å². The van der Waals surface area contributed by atoms with Gasteiger partial charge in [-0.1, -0.05) is 6.07 Å². The summed E-state index contributed by atoms with van der Waals surface area (Å²) in [6.45, 7) is 1.57. The summed E-state index contributed by atoms with van der Waals surface area (Å²) < 4.78 is 2.04. The molecule has 0 radical (unpaired) electrons. The van der Waals surface area contributed by atoms with Gasteiger partial charge >= 0.3 is 0 Å². The van der Waals surface area contributed by atoms with Gasteiger partial charge in [0.15, 0.2) is 0 Å². The number of hydrogen-bond acceptors (Lipinski definition) is 4. The Morgan fingerprint density at radius 2 is 1.88 bits per heavy atom. The third kappa shape index (κ3) is 3.13. The van der Waals surface area contributed by atoms with E-state index in [0.717, 1.165) is 11.0 Å². The summed E-state index contributed by atoms with van der Waals surface area (Å²) in [5, 5.41) is 11.0. The zero-order valence-electron chi connectivity index (χ0n) is 13.9. The molecule has 6 heteroatoms. The van der Waals surface area contributed by atoms with Crippen molar-refractivity contribution in [3.8, 4) is 0 Å². The topological polar surface area (TPSA) is 71.2 Å². The van der Waals surface area contributed by atoms with Crippen molar-refractivity contribution in [2.75, 3.05) is 13.1 Å². The number of amides is 1. The molecule has 1 fully saturated rings. The molecule has 1 aliphatic heterocycles. The Kier molecular flexibility index (Phi) is 3.97. The third-order valence-electron chi connectivity index (χ3n) is 4.87. The molecule has 0 unspecified atom stereocenters. The van der Waals surface area contributed by atoms with E-state index in [4.69, 9.17) is 0 Å². The van der Waals surface area contributed by atoms with E-state index in [2.05, 4.69) is 9.97 Å². The zero-order valence-corrected chi connectivity index (χ0v) is 13.9. The molecule has 1 amide bonds. The van der Waals surface area contributed by atoms with Crippen LogP contribution in [0.15, 0.2) is 55.0 Å². The summed E-state index contributed by atoms with van der Waals surface area (Å²) in [4.78, 5) is 22.7. The fourth-order valence-electron chi connectivity index (χ4n) is 3.41. The van der Waals surface area contributed by atoms with Gasteiger partial charge in [0.1, 0.15) is 5.69 Å². The molecule has 1 N–H and O–H groups in total. The average Bonchev–Trinajstić information content (AvgIpc) is 3.05. The van der Waals surface area contributed by atoms with E-state index in [9.17, 15) is 9.90 Å². The predicted octanol–water partition coefficient (Wildman–Crippen LogP) is 2.10. The summed E-state index contributed by atoms with van der Waals surface area (Å²) in [5.74, 6) is -0.0711. The van der Waals surface area contributed by atoms with Crippen molar-refractivity contribution < 1.29 is 9.90 Å². The third-order valence-corrected chi connectivity index (χ3v) is 4.87. The van der Waals surface area contributed by atoms with Crippen LogP contribution in [0, 0.1) is 0 Å². The van der Waals surface area contributed by atoms with Gasteiger partial charge in [-0.05, 0) is 43.2 Å². The fraction of sp³-hybridized carbons (Fsp3) is 0.316. The Labute approximate surface area is 145 Å². The fourth-order valence-corrected chi connectivity index (χ4v) is 3.41. The molecule has 3 aromatic heterocycles. The largest absolute Gasteiger partial charge is 0.388 e. The maximum atomic E-state index is 12.5. The number of nitrogens with zero attached hydrogens (tertiary/aromatic N) is 4. The van der Waals surface area contributed by atoms with Crippen LogP contribution in [0.5, 0.6) is 0 Å². The van der Waals surface area contributed by atoms with Gasteiger partial charge in [-0.15, -0.1) is 0 Å². The van der Waals surface area contributed by atoms with E-state index in [1.165, 1.54) is 0 Å². The lowest BCUT2D eigenvalue weighted by atomic mass is 9.91. The van der Waals surface area contributed by atoms with Crippen molar-refractivity contribution in [1.82, 2.24) is 19.4 Å². The Morgan fingerprint density at radius 1 is 1.08 bits per heavy atom. The van der Waals surface area contributed by atoms with Crippen LogP contribution in [-0.4, -0.2) is 49.1 Å². The molecular weight excluding hydrogens is 316 g/mol. The molecule has 4 heterocycles. The molecule has 4 rings (SSSR count). The highest BCUT2D eigenvalue weighted by Crippen LogP contribution is 2.26. The quantitative estimate of drug-likeness (QED) is 0.795. The van der Waals surface area contributed by atoms with Crippen LogP contribution in [0.3, 0.4) is 0 Å². The second-order valence-corrected chi connectivity index (χ2v) is 6.58. The molecule has 0 atom stereocenters. The Balaban J connectivity index is 1.44. The Hall–Kier alpha value is -2.73. The van der Waals surface area contributed by atoms with E-state index in [1.54, 1.807) is 29.4 Å². The molecule has 25 heavy (non-hydrogen) atoms. The van der Waals surface area contributed by atoms with Gasteiger partial charge in [0.05, 0.1) is 23.2 Å². The number of piperidine rings is 1. The summed E-state index contributed by atoms with van der Waals surface area (Å²) in [6, 6.07) is 11.2. The van der Waals surface area contributed by atoms with Crippen LogP contribution in [0.4, 0.5) is 0 Å². The van der Waals surface area contributed by atoms with E-state index < -0.39 is 5.60 Å². The van der Waals surface area contributed by atoms with E-state index in [0.29, 0.717) is 38.2 Å². The van der Waals surface area contributed by atoms with Gasteiger partial charge in [0, 0.05) is 31.7 Å². The Bertz CT molecular complexity index is 883. The first kappa shape index (κ1) is 15.8. The summed E-state index contributed by atoms with van der Waals surface area (Å²) >= 11 is 0. The molecule has 128 valence electrons. The van der Waals surface area contributed by atoms with Gasteiger partial charge in [0.25, 0.3) is 5.91 Å². The maximum Gasteiger partial charge on any atom is 0.272 e. The number of aromatic nitrogens is 3. The normalized spacial score (nSPS) is 16.9. The van der Waals surface area contributed by atoms with Gasteiger partial charge in [0.2, 0.25) is 0 Å². The molecule has 0 aliphatic carbocycles. The molecule has 1 aliphatic rings. The summed E-state index contributed by atoms with van der Waals surface area (Å²) in [6.07, 6.45) is 6.44. The second-order valence-electron chi connectivity index (χ2n) is 6.58. The molecule has 0 aromatic carbocycles. The number of pyridine rings is 2. The number of fused-ring (bicyclic) bond motifs is 1. The number of carbonyl (C=O) groups is 1. The number of aliphatic hydroxyl groups is 1. The number of hydrogen-bond donors (Lipinski definition) is 1. The molecule has 0 spiro atoms. The van der Waals surface area contributed by atoms with Crippen molar-refractivity contribution in [2.45, 2.75) is 25.0 Å². The number of rotatable bonds is 3. The lowest BCUT2D eigenvalue weighted by molar-refractivity contribution is -0.0285.